The molecule has 0 heterocycles. The van der Waals surface area contributed by atoms with Crippen molar-refractivity contribution < 1.29 is 29.3 Å². The number of rotatable bonds is 23. The number of benzene rings is 3. The van der Waals surface area contributed by atoms with Crippen LogP contribution in [0.15, 0.2) is 54.6 Å². The van der Waals surface area contributed by atoms with Gasteiger partial charge in [0.1, 0.15) is 5.75 Å². The number of carbonyl (C=O) groups is 2. The predicted octanol–water partition coefficient (Wildman–Crippen LogP) is 10.1. The Morgan fingerprint density at radius 3 is 1.57 bits per heavy atom. The van der Waals surface area contributed by atoms with E-state index in [1.807, 2.05) is 37.3 Å². The highest BCUT2D eigenvalue weighted by atomic mass is 16.5. The number of ether oxygens (including phenoxy) is 3. The molecule has 0 atom stereocenters. The zero-order valence-electron chi connectivity index (χ0n) is 29.6. The van der Waals surface area contributed by atoms with Gasteiger partial charge in [-0.25, -0.2) is 0 Å². The van der Waals surface area contributed by atoms with E-state index in [0.29, 0.717) is 53.6 Å². The quantitative estimate of drug-likeness (QED) is 0.0755. The minimum atomic E-state index is -0.114. The van der Waals surface area contributed by atoms with Gasteiger partial charge in [-0.1, -0.05) is 103 Å². The van der Waals surface area contributed by atoms with Crippen molar-refractivity contribution in [3.8, 4) is 17.2 Å². The first kappa shape index (κ1) is 39.5. The number of unbranched alkanes of at least 4 members (excludes halogenated alkanes) is 8. The molecule has 47 heavy (non-hydrogen) atoms. The van der Waals surface area contributed by atoms with Crippen molar-refractivity contribution >= 4 is 11.6 Å². The van der Waals surface area contributed by atoms with Crippen LogP contribution in [0.5, 0.6) is 17.2 Å². The Balaban J connectivity index is 0.00000768. The summed E-state index contributed by atoms with van der Waals surface area (Å²) >= 11 is 0. The third kappa shape index (κ3) is 12.5. The van der Waals surface area contributed by atoms with Gasteiger partial charge in [0.15, 0.2) is 23.1 Å². The van der Waals surface area contributed by atoms with Crippen LogP contribution in [-0.4, -0.2) is 36.9 Å². The van der Waals surface area contributed by atoms with E-state index in [9.17, 15) is 9.59 Å². The number of hydrogen-bond donors (Lipinski definition) is 0. The molecule has 3 aromatic carbocycles. The van der Waals surface area contributed by atoms with Crippen molar-refractivity contribution in [1.29, 1.82) is 0 Å². The smallest absolute Gasteiger partial charge is 0.193 e. The summed E-state index contributed by atoms with van der Waals surface area (Å²) in [6.07, 6.45) is 14.0. The minimum absolute atomic E-state index is 0. The summed E-state index contributed by atoms with van der Waals surface area (Å²) in [5.74, 6) is 1.91. The van der Waals surface area contributed by atoms with Crippen LogP contribution in [0.2, 0.25) is 0 Å². The Morgan fingerprint density at radius 1 is 0.511 bits per heavy atom. The standard InChI is InChI=1S/C41H56O5.H2O/c1-6-10-14-18-32-19-20-35(29-38(32)45-26-16-12-8-3)41(43)36-23-21-33(28-31(36)5)40(42)34-22-24-37(44-25-15-11-7-2)39(30-34)46-27-17-13-9-4;/h19-24,28-30H,6-18,25-27H2,1-5H3;1H2. The molecule has 6 heteroatoms. The van der Waals surface area contributed by atoms with Gasteiger partial charge in [-0.3, -0.25) is 9.59 Å². The second-order valence-electron chi connectivity index (χ2n) is 12.3. The minimum Gasteiger partial charge on any atom is -0.493 e. The number of carbonyl (C=O) groups excluding carboxylic acids is 2. The lowest BCUT2D eigenvalue weighted by atomic mass is 9.93. The van der Waals surface area contributed by atoms with E-state index in [-0.39, 0.29) is 17.0 Å². The van der Waals surface area contributed by atoms with Gasteiger partial charge in [0.25, 0.3) is 0 Å². The summed E-state index contributed by atoms with van der Waals surface area (Å²) in [7, 11) is 0. The highest BCUT2D eigenvalue weighted by molar-refractivity contribution is 6.12. The summed E-state index contributed by atoms with van der Waals surface area (Å²) < 4.78 is 18.3. The Kier molecular flexibility index (Phi) is 18.5. The molecule has 0 saturated carbocycles. The molecule has 0 bridgehead atoms. The Morgan fingerprint density at radius 2 is 0.979 bits per heavy atom. The monoisotopic (exact) mass is 646 g/mol. The molecule has 0 spiro atoms. The highest BCUT2D eigenvalue weighted by Crippen LogP contribution is 2.31. The Bertz CT molecular complexity index is 1380. The molecule has 258 valence electrons. The molecule has 2 N–H and O–H groups in total. The predicted molar refractivity (Wildman–Crippen MR) is 193 cm³/mol. The third-order valence-corrected chi connectivity index (χ3v) is 8.33. The average molecular weight is 647 g/mol. The molecular formula is C41H58O6. The zero-order chi connectivity index (χ0) is 33.1. The van der Waals surface area contributed by atoms with E-state index in [2.05, 4.69) is 27.7 Å². The van der Waals surface area contributed by atoms with E-state index in [0.717, 1.165) is 93.9 Å². The molecule has 0 aliphatic heterocycles. The second kappa shape index (κ2) is 22.0. The average Bonchev–Trinajstić information content (AvgIpc) is 3.07. The molecule has 0 amide bonds. The van der Waals surface area contributed by atoms with Crippen molar-refractivity contribution in [1.82, 2.24) is 0 Å². The van der Waals surface area contributed by atoms with E-state index in [4.69, 9.17) is 14.2 Å². The van der Waals surface area contributed by atoms with Gasteiger partial charge < -0.3 is 19.7 Å². The van der Waals surface area contributed by atoms with Gasteiger partial charge in [-0.2, -0.15) is 0 Å². The first-order chi connectivity index (χ1) is 22.4. The van der Waals surface area contributed by atoms with Crippen LogP contribution >= 0.6 is 0 Å². The Hall–Kier alpha value is -3.64. The maximum atomic E-state index is 13.7. The molecule has 0 radical (unpaired) electrons. The van der Waals surface area contributed by atoms with Crippen LogP contribution in [0.3, 0.4) is 0 Å². The maximum absolute atomic E-state index is 13.7. The van der Waals surface area contributed by atoms with E-state index in [1.165, 1.54) is 6.42 Å². The fourth-order valence-corrected chi connectivity index (χ4v) is 5.47. The summed E-state index contributed by atoms with van der Waals surface area (Å²) in [5, 5.41) is 0. The van der Waals surface area contributed by atoms with Crippen LogP contribution in [0.4, 0.5) is 0 Å². The van der Waals surface area contributed by atoms with Crippen molar-refractivity contribution in [3.05, 3.63) is 88.0 Å². The van der Waals surface area contributed by atoms with Gasteiger partial charge in [0.2, 0.25) is 0 Å². The largest absolute Gasteiger partial charge is 0.493 e. The van der Waals surface area contributed by atoms with E-state index >= 15 is 0 Å². The van der Waals surface area contributed by atoms with Crippen LogP contribution in [-0.2, 0) is 6.42 Å². The molecule has 3 aromatic rings. The first-order valence-electron chi connectivity index (χ1n) is 17.8. The van der Waals surface area contributed by atoms with Gasteiger partial charge in [-0.15, -0.1) is 0 Å². The summed E-state index contributed by atoms with van der Waals surface area (Å²) in [6.45, 7) is 12.5. The van der Waals surface area contributed by atoms with Crippen molar-refractivity contribution in [3.63, 3.8) is 0 Å². The third-order valence-electron chi connectivity index (χ3n) is 8.33. The lowest BCUT2D eigenvalue weighted by molar-refractivity contribution is 0.102. The van der Waals surface area contributed by atoms with Crippen molar-refractivity contribution in [2.75, 3.05) is 19.8 Å². The van der Waals surface area contributed by atoms with Crippen molar-refractivity contribution in [2.45, 2.75) is 118 Å². The second-order valence-corrected chi connectivity index (χ2v) is 12.3. The van der Waals surface area contributed by atoms with Crippen LogP contribution < -0.4 is 14.2 Å². The topological polar surface area (TPSA) is 93.3 Å². The maximum Gasteiger partial charge on any atom is 0.193 e. The Labute approximate surface area is 283 Å². The van der Waals surface area contributed by atoms with Crippen LogP contribution in [0.25, 0.3) is 0 Å². The fourth-order valence-electron chi connectivity index (χ4n) is 5.47. The fraction of sp³-hybridized carbons (Fsp3) is 0.512. The lowest BCUT2D eigenvalue weighted by Crippen LogP contribution is -2.09. The molecule has 0 aromatic heterocycles. The SMILES string of the molecule is CCCCCOc1cc(C(=O)c2ccc(C(=O)c3ccc(OCCCCC)c(OCCCCC)c3)cc2C)ccc1CCCCC.O. The van der Waals surface area contributed by atoms with E-state index < -0.39 is 0 Å². The number of hydrogen-bond acceptors (Lipinski definition) is 5. The molecule has 0 aliphatic carbocycles. The molecule has 0 fully saturated rings. The summed E-state index contributed by atoms with van der Waals surface area (Å²) in [5.41, 5.74) is 4.18. The molecular weight excluding hydrogens is 588 g/mol. The molecule has 0 unspecified atom stereocenters. The normalized spacial score (nSPS) is 10.7. The molecule has 0 aliphatic rings. The van der Waals surface area contributed by atoms with Gasteiger partial charge in [-0.05, 0) is 80.5 Å². The van der Waals surface area contributed by atoms with Gasteiger partial charge >= 0.3 is 0 Å². The summed E-state index contributed by atoms with van der Waals surface area (Å²) in [6, 6.07) is 16.6. The van der Waals surface area contributed by atoms with E-state index in [1.54, 1.807) is 24.3 Å². The molecule has 3 rings (SSSR count). The highest BCUT2D eigenvalue weighted by Gasteiger charge is 2.19. The van der Waals surface area contributed by atoms with Crippen LogP contribution in [0.1, 0.15) is 148 Å². The molecule has 0 saturated heterocycles. The summed E-state index contributed by atoms with van der Waals surface area (Å²) in [4.78, 5) is 27.3. The number of aryl methyl sites for hydroxylation is 2. The van der Waals surface area contributed by atoms with Crippen molar-refractivity contribution in [2.24, 2.45) is 0 Å². The lowest BCUT2D eigenvalue weighted by Gasteiger charge is -2.15. The van der Waals surface area contributed by atoms with Gasteiger partial charge in [0.05, 0.1) is 19.8 Å². The molecule has 6 nitrogen and oxygen atoms in total. The van der Waals surface area contributed by atoms with Crippen LogP contribution in [0, 0.1) is 6.92 Å². The van der Waals surface area contributed by atoms with Gasteiger partial charge in [0, 0.05) is 22.3 Å². The zero-order valence-corrected chi connectivity index (χ0v) is 29.6. The first-order valence-corrected chi connectivity index (χ1v) is 17.8. The number of ketones is 2.